The minimum absolute atomic E-state index is 0.0596. The first-order valence-corrected chi connectivity index (χ1v) is 9.07. The zero-order valence-corrected chi connectivity index (χ0v) is 16.5. The fourth-order valence-corrected chi connectivity index (χ4v) is 2.68. The normalized spacial score (nSPS) is 11.7. The maximum absolute atomic E-state index is 12.1. The van der Waals surface area contributed by atoms with Crippen LogP contribution in [0.1, 0.15) is 24.4 Å². The molecule has 1 heterocycles. The van der Waals surface area contributed by atoms with Crippen LogP contribution in [0.2, 0.25) is 0 Å². The number of rotatable bonds is 9. The average Bonchev–Trinajstić information content (AvgIpc) is 3.24. The molecule has 0 fully saturated rings. The van der Waals surface area contributed by atoms with E-state index in [0.29, 0.717) is 35.4 Å². The molecule has 0 saturated carbocycles. The van der Waals surface area contributed by atoms with E-state index in [1.54, 1.807) is 39.3 Å². The van der Waals surface area contributed by atoms with Crippen molar-refractivity contribution in [2.24, 2.45) is 0 Å². The fourth-order valence-electron chi connectivity index (χ4n) is 2.68. The summed E-state index contributed by atoms with van der Waals surface area (Å²) in [6, 6.07) is 14.5. The van der Waals surface area contributed by atoms with Gasteiger partial charge in [0.25, 0.3) is 0 Å². The van der Waals surface area contributed by atoms with Crippen LogP contribution in [0.25, 0.3) is 11.4 Å². The molecule has 0 spiro atoms. The summed E-state index contributed by atoms with van der Waals surface area (Å²) in [5, 5.41) is 6.77. The molecule has 152 valence electrons. The predicted molar refractivity (Wildman–Crippen MR) is 105 cm³/mol. The highest BCUT2D eigenvalue weighted by Crippen LogP contribution is 2.31. The monoisotopic (exact) mass is 397 g/mol. The minimum atomic E-state index is -0.454. The maximum Gasteiger partial charge on any atom is 0.249 e. The summed E-state index contributed by atoms with van der Waals surface area (Å²) in [6.45, 7) is 2.07. The molecule has 0 bridgehead atoms. The van der Waals surface area contributed by atoms with Gasteiger partial charge in [0.15, 0.2) is 11.5 Å². The van der Waals surface area contributed by atoms with Crippen LogP contribution in [-0.2, 0) is 16.1 Å². The zero-order valence-electron chi connectivity index (χ0n) is 16.5. The van der Waals surface area contributed by atoms with Crippen molar-refractivity contribution in [3.05, 3.63) is 60.0 Å². The third-order valence-corrected chi connectivity index (χ3v) is 4.18. The first-order chi connectivity index (χ1) is 14.1. The van der Waals surface area contributed by atoms with E-state index < -0.39 is 6.04 Å². The molecule has 8 heteroatoms. The molecule has 3 aromatic rings. The Morgan fingerprint density at radius 1 is 1.10 bits per heavy atom. The van der Waals surface area contributed by atoms with Gasteiger partial charge >= 0.3 is 0 Å². The molecule has 1 N–H and O–H groups in total. The standard InChI is InChI=1S/C21H23N3O5/c1-14(22-19(25)13-28-12-15-7-5-4-6-8-15)21-23-20(24-29-21)16-9-10-17(26-2)18(11-16)27-3/h4-11,14H,12-13H2,1-3H3,(H,22,25). The Morgan fingerprint density at radius 2 is 1.86 bits per heavy atom. The molecule has 8 nitrogen and oxygen atoms in total. The molecule has 0 saturated heterocycles. The van der Waals surface area contributed by atoms with Crippen LogP contribution < -0.4 is 14.8 Å². The number of ether oxygens (including phenoxy) is 3. The Balaban J connectivity index is 1.56. The van der Waals surface area contributed by atoms with Crippen LogP contribution in [-0.4, -0.2) is 36.9 Å². The lowest BCUT2D eigenvalue weighted by molar-refractivity contribution is -0.126. The number of hydrogen-bond donors (Lipinski definition) is 1. The first kappa shape index (κ1) is 20.3. The third kappa shape index (κ3) is 5.32. The molecular weight excluding hydrogens is 374 g/mol. The molecule has 2 aromatic carbocycles. The van der Waals surface area contributed by atoms with E-state index in [9.17, 15) is 4.79 Å². The van der Waals surface area contributed by atoms with Gasteiger partial charge in [0, 0.05) is 5.56 Å². The highest BCUT2D eigenvalue weighted by molar-refractivity contribution is 5.77. The van der Waals surface area contributed by atoms with Crippen molar-refractivity contribution in [1.29, 1.82) is 0 Å². The lowest BCUT2D eigenvalue weighted by atomic mass is 10.2. The second kappa shape index (κ2) is 9.70. The number of amides is 1. The van der Waals surface area contributed by atoms with Crippen molar-refractivity contribution >= 4 is 5.91 Å². The van der Waals surface area contributed by atoms with E-state index >= 15 is 0 Å². The number of carbonyl (C=O) groups is 1. The number of carbonyl (C=O) groups excluding carboxylic acids is 1. The zero-order chi connectivity index (χ0) is 20.6. The van der Waals surface area contributed by atoms with Gasteiger partial charge in [-0.05, 0) is 30.7 Å². The SMILES string of the molecule is COc1ccc(-c2noc(C(C)NC(=O)COCc3ccccc3)n2)cc1OC. The molecule has 29 heavy (non-hydrogen) atoms. The van der Waals surface area contributed by atoms with Gasteiger partial charge in [0.1, 0.15) is 12.6 Å². The highest BCUT2D eigenvalue weighted by Gasteiger charge is 2.18. The molecular formula is C21H23N3O5. The van der Waals surface area contributed by atoms with Gasteiger partial charge < -0.3 is 24.1 Å². The largest absolute Gasteiger partial charge is 0.493 e. The molecule has 0 radical (unpaired) electrons. The number of nitrogens with zero attached hydrogens (tertiary/aromatic N) is 2. The number of hydrogen-bond acceptors (Lipinski definition) is 7. The average molecular weight is 397 g/mol. The predicted octanol–water partition coefficient (Wildman–Crippen LogP) is 3.15. The summed E-state index contributed by atoms with van der Waals surface area (Å²) in [7, 11) is 3.12. The minimum Gasteiger partial charge on any atom is -0.493 e. The van der Waals surface area contributed by atoms with E-state index in [2.05, 4.69) is 15.5 Å². The van der Waals surface area contributed by atoms with E-state index in [1.165, 1.54) is 0 Å². The smallest absolute Gasteiger partial charge is 0.249 e. The van der Waals surface area contributed by atoms with Crippen molar-refractivity contribution in [3.8, 4) is 22.9 Å². The quantitative estimate of drug-likeness (QED) is 0.592. The van der Waals surface area contributed by atoms with Gasteiger partial charge in [-0.15, -0.1) is 0 Å². The summed E-state index contributed by atoms with van der Waals surface area (Å²) in [5.74, 6) is 1.59. The van der Waals surface area contributed by atoms with Crippen LogP contribution in [0.15, 0.2) is 53.1 Å². The van der Waals surface area contributed by atoms with Crippen molar-refractivity contribution in [2.75, 3.05) is 20.8 Å². The maximum atomic E-state index is 12.1. The highest BCUT2D eigenvalue weighted by atomic mass is 16.5. The van der Waals surface area contributed by atoms with E-state index in [0.717, 1.165) is 5.56 Å². The topological polar surface area (TPSA) is 95.7 Å². The van der Waals surface area contributed by atoms with Crippen molar-refractivity contribution in [2.45, 2.75) is 19.6 Å². The summed E-state index contributed by atoms with van der Waals surface area (Å²) < 4.78 is 21.3. The summed E-state index contributed by atoms with van der Waals surface area (Å²) in [6.07, 6.45) is 0. The first-order valence-electron chi connectivity index (χ1n) is 9.07. The molecule has 0 aliphatic heterocycles. The van der Waals surface area contributed by atoms with E-state index in [1.807, 2.05) is 30.3 Å². The van der Waals surface area contributed by atoms with Crippen LogP contribution >= 0.6 is 0 Å². The molecule has 1 unspecified atom stereocenters. The Hall–Kier alpha value is -3.39. The van der Waals surface area contributed by atoms with Crippen LogP contribution in [0.3, 0.4) is 0 Å². The number of benzene rings is 2. The van der Waals surface area contributed by atoms with Gasteiger partial charge in [-0.25, -0.2) is 0 Å². The van der Waals surface area contributed by atoms with Crippen LogP contribution in [0.5, 0.6) is 11.5 Å². The van der Waals surface area contributed by atoms with Crippen molar-refractivity contribution in [1.82, 2.24) is 15.5 Å². The lowest BCUT2D eigenvalue weighted by Gasteiger charge is -2.10. The Bertz CT molecular complexity index is 942. The molecule has 3 rings (SSSR count). The van der Waals surface area contributed by atoms with Crippen LogP contribution in [0, 0.1) is 0 Å². The van der Waals surface area contributed by atoms with E-state index in [-0.39, 0.29) is 12.5 Å². The lowest BCUT2D eigenvalue weighted by Crippen LogP contribution is -2.30. The van der Waals surface area contributed by atoms with E-state index in [4.69, 9.17) is 18.7 Å². The van der Waals surface area contributed by atoms with Gasteiger partial charge in [0.05, 0.1) is 20.8 Å². The molecule has 0 aliphatic carbocycles. The van der Waals surface area contributed by atoms with Crippen molar-refractivity contribution < 1.29 is 23.5 Å². The Labute approximate surface area is 168 Å². The molecule has 1 atom stereocenters. The number of aromatic nitrogens is 2. The van der Waals surface area contributed by atoms with Gasteiger partial charge in [-0.1, -0.05) is 35.5 Å². The fraction of sp³-hybridized carbons (Fsp3) is 0.286. The molecule has 1 aromatic heterocycles. The second-order valence-corrected chi connectivity index (χ2v) is 6.29. The van der Waals surface area contributed by atoms with Gasteiger partial charge in [-0.2, -0.15) is 4.98 Å². The molecule has 1 amide bonds. The number of nitrogens with one attached hydrogen (secondary N) is 1. The van der Waals surface area contributed by atoms with Gasteiger partial charge in [0.2, 0.25) is 17.6 Å². The van der Waals surface area contributed by atoms with Crippen LogP contribution in [0.4, 0.5) is 0 Å². The summed E-state index contributed by atoms with van der Waals surface area (Å²) in [4.78, 5) is 16.5. The molecule has 0 aliphatic rings. The van der Waals surface area contributed by atoms with Crippen molar-refractivity contribution in [3.63, 3.8) is 0 Å². The third-order valence-electron chi connectivity index (χ3n) is 4.18. The Morgan fingerprint density at radius 3 is 2.59 bits per heavy atom. The second-order valence-electron chi connectivity index (χ2n) is 6.29. The Kier molecular flexibility index (Phi) is 6.80. The number of methoxy groups -OCH3 is 2. The summed E-state index contributed by atoms with van der Waals surface area (Å²) >= 11 is 0. The summed E-state index contributed by atoms with van der Waals surface area (Å²) in [5.41, 5.74) is 1.71. The van der Waals surface area contributed by atoms with Gasteiger partial charge in [-0.3, -0.25) is 4.79 Å².